The Morgan fingerprint density at radius 2 is 2.03 bits per heavy atom. The summed E-state index contributed by atoms with van der Waals surface area (Å²) in [7, 11) is 1.65. The molecule has 0 atom stereocenters. The molecule has 0 bridgehead atoms. The molecule has 38 heavy (non-hydrogen) atoms. The number of H-pyrrole nitrogens is 1. The Bertz CT molecular complexity index is 1510. The van der Waals surface area contributed by atoms with Crippen LogP contribution >= 0.6 is 11.6 Å². The lowest BCUT2D eigenvalue weighted by atomic mass is 10.00. The zero-order valence-corrected chi connectivity index (χ0v) is 22.1. The number of halogens is 1. The Hall–Kier alpha value is -4.08. The normalized spacial score (nSPS) is 13.8. The second-order valence-electron chi connectivity index (χ2n) is 9.15. The Labute approximate surface area is 226 Å². The second kappa shape index (κ2) is 11.1. The predicted octanol–water partition coefficient (Wildman–Crippen LogP) is 5.71. The van der Waals surface area contributed by atoms with E-state index >= 15 is 0 Å². The number of aromatic nitrogens is 3. The van der Waals surface area contributed by atoms with Crippen LogP contribution in [0.2, 0.25) is 5.02 Å². The van der Waals surface area contributed by atoms with Crippen molar-refractivity contribution in [2.24, 2.45) is 5.73 Å². The van der Waals surface area contributed by atoms with Gasteiger partial charge in [-0.25, -0.2) is 0 Å². The largest absolute Gasteiger partial charge is 0.495 e. The molecule has 0 fully saturated rings. The molecule has 2 aromatic heterocycles. The molecule has 1 amide bonds. The third-order valence-electron chi connectivity index (χ3n) is 6.50. The van der Waals surface area contributed by atoms with Crippen LogP contribution < -0.4 is 21.1 Å². The Morgan fingerprint density at radius 1 is 1.16 bits per heavy atom. The molecular formula is C28H30ClN7O2. The number of ether oxygens (including phenoxy) is 1. The number of rotatable bonds is 9. The molecule has 0 saturated heterocycles. The first-order valence-electron chi connectivity index (χ1n) is 12.5. The van der Waals surface area contributed by atoms with Crippen LogP contribution in [0.25, 0.3) is 16.6 Å². The van der Waals surface area contributed by atoms with Crippen molar-refractivity contribution in [3.05, 3.63) is 70.9 Å². The van der Waals surface area contributed by atoms with Gasteiger partial charge in [0.1, 0.15) is 17.2 Å². The third kappa shape index (κ3) is 5.44. The van der Waals surface area contributed by atoms with Gasteiger partial charge >= 0.3 is 0 Å². The first-order chi connectivity index (χ1) is 18.4. The lowest BCUT2D eigenvalue weighted by Crippen LogP contribution is -2.30. The minimum absolute atomic E-state index is 0.304. The van der Waals surface area contributed by atoms with Gasteiger partial charge in [0.25, 0.3) is 5.91 Å². The van der Waals surface area contributed by atoms with Crippen molar-refractivity contribution in [1.29, 1.82) is 0 Å². The van der Waals surface area contributed by atoms with Gasteiger partial charge in [-0.1, -0.05) is 30.7 Å². The lowest BCUT2D eigenvalue weighted by molar-refractivity contribution is 0.100. The summed E-state index contributed by atoms with van der Waals surface area (Å²) in [4.78, 5) is 26.9. The maximum atomic E-state index is 12.0. The number of nitrogens with one attached hydrogen (secondary N) is 3. The molecule has 4 aromatic rings. The fraction of sp³-hybridized carbons (Fsp3) is 0.250. The molecule has 10 heteroatoms. The number of carbonyl (C=O) groups excluding carboxylic acids is 1. The van der Waals surface area contributed by atoms with Crippen LogP contribution in [-0.2, 0) is 0 Å². The molecule has 1 aliphatic rings. The van der Waals surface area contributed by atoms with Crippen LogP contribution in [0.4, 0.5) is 23.1 Å². The highest BCUT2D eigenvalue weighted by Crippen LogP contribution is 2.33. The fourth-order valence-corrected chi connectivity index (χ4v) is 4.86. The van der Waals surface area contributed by atoms with Gasteiger partial charge in [0.05, 0.1) is 29.4 Å². The first kappa shape index (κ1) is 25.6. The van der Waals surface area contributed by atoms with E-state index in [0.29, 0.717) is 39.4 Å². The number of anilines is 4. The van der Waals surface area contributed by atoms with Crippen LogP contribution in [0.5, 0.6) is 5.75 Å². The summed E-state index contributed by atoms with van der Waals surface area (Å²) in [6, 6.07) is 12.8. The van der Waals surface area contributed by atoms with Crippen LogP contribution in [0, 0.1) is 0 Å². The molecule has 0 aliphatic carbocycles. The molecule has 1 aliphatic heterocycles. The number of nitrogens with zero attached hydrogens (tertiary/aromatic N) is 3. The van der Waals surface area contributed by atoms with Gasteiger partial charge in [-0.2, -0.15) is 9.97 Å². The van der Waals surface area contributed by atoms with E-state index in [9.17, 15) is 4.79 Å². The molecule has 0 saturated carbocycles. The summed E-state index contributed by atoms with van der Waals surface area (Å²) in [5, 5.41) is 7.70. The maximum Gasteiger partial charge on any atom is 0.250 e. The minimum atomic E-state index is -0.572. The van der Waals surface area contributed by atoms with Crippen molar-refractivity contribution in [3.8, 4) is 5.75 Å². The van der Waals surface area contributed by atoms with E-state index in [4.69, 9.17) is 22.1 Å². The molecule has 0 spiro atoms. The topological polar surface area (TPSA) is 121 Å². The summed E-state index contributed by atoms with van der Waals surface area (Å²) >= 11 is 6.19. The van der Waals surface area contributed by atoms with E-state index < -0.39 is 5.91 Å². The van der Waals surface area contributed by atoms with Crippen LogP contribution in [0.15, 0.2) is 54.7 Å². The molecule has 5 rings (SSSR count). The second-order valence-corrected chi connectivity index (χ2v) is 9.59. The predicted molar refractivity (Wildman–Crippen MR) is 153 cm³/mol. The van der Waals surface area contributed by atoms with Gasteiger partial charge in [0, 0.05) is 24.3 Å². The highest BCUT2D eigenvalue weighted by molar-refractivity contribution is 6.31. The van der Waals surface area contributed by atoms with E-state index in [1.165, 1.54) is 5.57 Å². The average Bonchev–Trinajstić information content (AvgIpc) is 3.38. The monoisotopic (exact) mass is 531 g/mol. The molecule has 196 valence electrons. The number of amides is 1. The highest BCUT2D eigenvalue weighted by atomic mass is 35.5. The van der Waals surface area contributed by atoms with Gasteiger partial charge in [-0.15, -0.1) is 0 Å². The number of hydrogen-bond acceptors (Lipinski definition) is 7. The number of aromatic amines is 1. The Balaban J connectivity index is 1.45. The third-order valence-corrected chi connectivity index (χ3v) is 6.74. The van der Waals surface area contributed by atoms with Crippen LogP contribution in [-0.4, -0.2) is 52.5 Å². The molecule has 0 radical (unpaired) electrons. The van der Waals surface area contributed by atoms with Crippen molar-refractivity contribution in [3.63, 3.8) is 0 Å². The number of carbonyl (C=O) groups is 1. The van der Waals surface area contributed by atoms with E-state index in [-0.39, 0.29) is 0 Å². The zero-order valence-electron chi connectivity index (χ0n) is 21.3. The first-order valence-corrected chi connectivity index (χ1v) is 12.9. The van der Waals surface area contributed by atoms with Crippen LogP contribution in [0.3, 0.4) is 0 Å². The summed E-state index contributed by atoms with van der Waals surface area (Å²) in [6.45, 7) is 5.33. The smallest absolute Gasteiger partial charge is 0.250 e. The summed E-state index contributed by atoms with van der Waals surface area (Å²) in [5.41, 5.74) is 10.1. The molecule has 3 heterocycles. The Morgan fingerprint density at radius 3 is 2.82 bits per heavy atom. The zero-order chi connectivity index (χ0) is 26.6. The number of primary amides is 1. The summed E-state index contributed by atoms with van der Waals surface area (Å²) in [6.07, 6.45) is 6.27. The molecule has 0 unspecified atom stereocenters. The lowest BCUT2D eigenvalue weighted by Gasteiger charge is -2.27. The van der Waals surface area contributed by atoms with Crippen molar-refractivity contribution in [2.75, 3.05) is 37.4 Å². The van der Waals surface area contributed by atoms with E-state index in [2.05, 4.69) is 49.6 Å². The van der Waals surface area contributed by atoms with Crippen molar-refractivity contribution in [2.45, 2.75) is 19.8 Å². The van der Waals surface area contributed by atoms with Gasteiger partial charge in [0.2, 0.25) is 5.95 Å². The molecular weight excluding hydrogens is 502 g/mol. The van der Waals surface area contributed by atoms with Crippen molar-refractivity contribution >= 4 is 57.3 Å². The SMILES string of the molecule is CCCN1CCC=C(c2ccc(Nc3nc(Nc4cc(Cl)ccc4C(N)=O)c4cc[nH]c4n3)c(OC)c2)C1. The number of fused-ring (bicyclic) bond motifs is 1. The van der Waals surface area contributed by atoms with E-state index in [1.54, 1.807) is 31.5 Å². The van der Waals surface area contributed by atoms with Gasteiger partial charge in [-0.3, -0.25) is 9.69 Å². The van der Waals surface area contributed by atoms with Crippen molar-refractivity contribution < 1.29 is 9.53 Å². The van der Waals surface area contributed by atoms with E-state index in [0.717, 1.165) is 49.1 Å². The maximum absolute atomic E-state index is 12.0. The Kier molecular flexibility index (Phi) is 7.48. The molecule has 2 aromatic carbocycles. The highest BCUT2D eigenvalue weighted by Gasteiger charge is 2.17. The summed E-state index contributed by atoms with van der Waals surface area (Å²) < 4.78 is 5.73. The van der Waals surface area contributed by atoms with Gasteiger partial charge in [-0.05, 0) is 66.9 Å². The molecule has 5 N–H and O–H groups in total. The van der Waals surface area contributed by atoms with Crippen LogP contribution in [0.1, 0.15) is 35.7 Å². The number of benzene rings is 2. The number of nitrogens with two attached hydrogens (primary N) is 1. The minimum Gasteiger partial charge on any atom is -0.495 e. The number of hydrogen-bond donors (Lipinski definition) is 4. The van der Waals surface area contributed by atoms with Gasteiger partial charge in [0.15, 0.2) is 0 Å². The van der Waals surface area contributed by atoms with Gasteiger partial charge < -0.3 is 26.1 Å². The fourth-order valence-electron chi connectivity index (χ4n) is 4.69. The van der Waals surface area contributed by atoms with Crippen molar-refractivity contribution in [1.82, 2.24) is 19.9 Å². The van der Waals surface area contributed by atoms with E-state index in [1.807, 2.05) is 18.2 Å². The standard InChI is InChI=1S/C28H30ClN7O2/c1-3-12-36-13-4-5-18(16-36)17-6-9-22(24(14-17)38-2)33-28-34-26-21(10-11-31-26)27(35-28)32-23-15-19(29)7-8-20(23)25(30)37/h5-11,14-15H,3-4,12-13,16H2,1-2H3,(H2,30,37)(H3,31,32,33,34,35). The number of methoxy groups -OCH3 is 1. The summed E-state index contributed by atoms with van der Waals surface area (Å²) in [5.74, 6) is 0.953. The quantitative estimate of drug-likeness (QED) is 0.218. The molecule has 9 nitrogen and oxygen atoms in total. The average molecular weight is 532 g/mol.